The number of nitrogens with zero attached hydrogens (tertiary/aromatic N) is 5. The summed E-state index contributed by atoms with van der Waals surface area (Å²) in [5.41, 5.74) is 3.03. The molecular weight excluding hydrogens is 345 g/mol. The van der Waals surface area contributed by atoms with Crippen LogP contribution < -0.4 is 0 Å². The highest BCUT2D eigenvalue weighted by Gasteiger charge is 2.31. The lowest BCUT2D eigenvalue weighted by Gasteiger charge is -2.27. The van der Waals surface area contributed by atoms with Crippen molar-refractivity contribution in [1.29, 1.82) is 0 Å². The molecule has 0 N–H and O–H groups in total. The Kier molecular flexibility index (Phi) is 4.04. The van der Waals surface area contributed by atoms with Gasteiger partial charge in [0.2, 0.25) is 0 Å². The molecule has 1 fully saturated rings. The second-order valence-corrected chi connectivity index (χ2v) is 7.63. The maximum atomic E-state index is 14.2. The lowest BCUT2D eigenvalue weighted by molar-refractivity contribution is 0.00518. The molecule has 3 aromatic rings. The van der Waals surface area contributed by atoms with Crippen molar-refractivity contribution in [2.45, 2.75) is 57.5 Å². The van der Waals surface area contributed by atoms with E-state index in [4.69, 9.17) is 4.52 Å². The van der Waals surface area contributed by atoms with Gasteiger partial charge in [0.05, 0.1) is 24.5 Å². The Hall–Kier alpha value is -2.54. The Bertz CT molecular complexity index is 957. The quantitative estimate of drug-likeness (QED) is 0.635. The van der Waals surface area contributed by atoms with Gasteiger partial charge in [-0.2, -0.15) is 0 Å². The number of hydrogen-bond acceptors (Lipinski definition) is 5. The fraction of sp³-hybridized carbons (Fsp3) is 0.450. The molecule has 0 amide bonds. The molecule has 0 unspecified atom stereocenters. The van der Waals surface area contributed by atoms with Gasteiger partial charge in [0.25, 0.3) is 0 Å². The summed E-state index contributed by atoms with van der Waals surface area (Å²) >= 11 is 0. The van der Waals surface area contributed by atoms with Crippen LogP contribution in [0.25, 0.3) is 5.69 Å². The van der Waals surface area contributed by atoms with Gasteiger partial charge in [0.15, 0.2) is 5.82 Å². The summed E-state index contributed by atoms with van der Waals surface area (Å²) in [7, 11) is 0. The van der Waals surface area contributed by atoms with Gasteiger partial charge in [-0.15, -0.1) is 19.8 Å². The van der Waals surface area contributed by atoms with Gasteiger partial charge in [-0.1, -0.05) is 23.4 Å². The van der Waals surface area contributed by atoms with Crippen LogP contribution in [0.3, 0.4) is 0 Å². The Morgan fingerprint density at radius 2 is 1.81 bits per heavy atom. The SMILES string of the molecule is Cc1cc(C2CCC(c3nnc4n3-c3ccccc3CN(F)C4)CC2)no1. The molecule has 1 saturated carbocycles. The Morgan fingerprint density at radius 3 is 2.59 bits per heavy atom. The van der Waals surface area contributed by atoms with Gasteiger partial charge in [-0.25, -0.2) is 0 Å². The summed E-state index contributed by atoms with van der Waals surface area (Å²) in [4.78, 5) is 0. The van der Waals surface area contributed by atoms with E-state index >= 15 is 0 Å². The van der Waals surface area contributed by atoms with Crippen molar-refractivity contribution in [2.24, 2.45) is 0 Å². The molecule has 0 bridgehead atoms. The molecule has 5 rings (SSSR count). The van der Waals surface area contributed by atoms with Crippen molar-refractivity contribution in [3.05, 3.63) is 59.0 Å². The monoisotopic (exact) mass is 367 g/mol. The van der Waals surface area contributed by atoms with Gasteiger partial charge in [0, 0.05) is 17.9 Å². The summed E-state index contributed by atoms with van der Waals surface area (Å²) < 4.78 is 21.6. The predicted octanol–water partition coefficient (Wildman–Crippen LogP) is 4.21. The van der Waals surface area contributed by atoms with Crippen LogP contribution in [0.15, 0.2) is 34.9 Å². The molecule has 2 aliphatic rings. The van der Waals surface area contributed by atoms with Crippen molar-refractivity contribution >= 4 is 0 Å². The Morgan fingerprint density at radius 1 is 1.04 bits per heavy atom. The van der Waals surface area contributed by atoms with Crippen LogP contribution in [0.4, 0.5) is 4.48 Å². The predicted molar refractivity (Wildman–Crippen MR) is 96.9 cm³/mol. The second-order valence-electron chi connectivity index (χ2n) is 7.63. The number of fused-ring (bicyclic) bond motifs is 3. The van der Waals surface area contributed by atoms with E-state index in [0.717, 1.165) is 59.3 Å². The number of halogens is 1. The first kappa shape index (κ1) is 16.6. The van der Waals surface area contributed by atoms with Crippen molar-refractivity contribution in [3.63, 3.8) is 0 Å². The fourth-order valence-electron chi connectivity index (χ4n) is 4.44. The minimum atomic E-state index is 0.162. The van der Waals surface area contributed by atoms with Gasteiger partial charge in [-0.05, 0) is 44.2 Å². The third kappa shape index (κ3) is 2.96. The Balaban J connectivity index is 1.44. The van der Waals surface area contributed by atoms with Crippen LogP contribution in [0.1, 0.15) is 66.2 Å². The van der Waals surface area contributed by atoms with Gasteiger partial charge < -0.3 is 4.52 Å². The minimum absolute atomic E-state index is 0.162. The largest absolute Gasteiger partial charge is 0.361 e. The van der Waals surface area contributed by atoms with Crippen molar-refractivity contribution < 1.29 is 9.00 Å². The molecule has 1 aliphatic heterocycles. The standard InChI is InChI=1S/C20H22FN5O/c1-13-10-17(24-27-13)14-6-8-15(9-7-14)20-23-22-19-12-25(21)11-16-4-2-3-5-18(16)26(19)20/h2-5,10,14-15H,6-9,11-12H2,1H3. The molecule has 1 aromatic carbocycles. The van der Waals surface area contributed by atoms with Gasteiger partial charge >= 0.3 is 0 Å². The molecule has 2 aromatic heterocycles. The van der Waals surface area contributed by atoms with Crippen molar-refractivity contribution in [3.8, 4) is 5.69 Å². The van der Waals surface area contributed by atoms with Crippen molar-refractivity contribution in [1.82, 2.24) is 25.0 Å². The highest BCUT2D eigenvalue weighted by atomic mass is 19.2. The van der Waals surface area contributed by atoms with Crippen LogP contribution >= 0.6 is 0 Å². The van der Waals surface area contributed by atoms with Crippen molar-refractivity contribution in [2.75, 3.05) is 0 Å². The normalized spacial score (nSPS) is 22.9. The molecule has 6 nitrogen and oxygen atoms in total. The van der Waals surface area contributed by atoms with Gasteiger partial charge in [-0.3, -0.25) is 4.57 Å². The molecule has 140 valence electrons. The number of benzene rings is 1. The number of aromatic nitrogens is 4. The third-order valence-corrected chi connectivity index (χ3v) is 5.80. The molecule has 0 saturated heterocycles. The van der Waals surface area contributed by atoms with Gasteiger partial charge in [0.1, 0.15) is 11.6 Å². The fourth-order valence-corrected chi connectivity index (χ4v) is 4.44. The number of rotatable bonds is 2. The summed E-state index contributed by atoms with van der Waals surface area (Å²) in [5.74, 6) is 3.27. The maximum absolute atomic E-state index is 14.2. The first-order valence-electron chi connectivity index (χ1n) is 9.55. The number of para-hydroxylation sites is 1. The topological polar surface area (TPSA) is 60.0 Å². The summed E-state index contributed by atoms with van der Waals surface area (Å²) in [5, 5.41) is 13.8. The van der Waals surface area contributed by atoms with E-state index in [1.54, 1.807) is 0 Å². The number of hydrogen-bond donors (Lipinski definition) is 0. The number of aryl methyl sites for hydroxylation is 1. The summed E-state index contributed by atoms with van der Waals surface area (Å²) in [6, 6.07) is 10.00. The van der Waals surface area contributed by atoms with E-state index in [1.807, 2.05) is 37.3 Å². The molecule has 27 heavy (non-hydrogen) atoms. The van der Waals surface area contributed by atoms with Crippen LogP contribution in [-0.2, 0) is 13.1 Å². The van der Waals surface area contributed by atoms with E-state index in [-0.39, 0.29) is 13.1 Å². The highest BCUT2D eigenvalue weighted by molar-refractivity contribution is 5.44. The van der Waals surface area contributed by atoms with E-state index < -0.39 is 0 Å². The zero-order valence-electron chi connectivity index (χ0n) is 15.3. The minimum Gasteiger partial charge on any atom is -0.361 e. The van der Waals surface area contributed by atoms with Crippen LogP contribution in [0, 0.1) is 6.92 Å². The lowest BCUT2D eigenvalue weighted by atomic mass is 9.80. The second kappa shape index (κ2) is 6.56. The van der Waals surface area contributed by atoms with E-state index in [2.05, 4.69) is 19.9 Å². The van der Waals surface area contributed by atoms with E-state index in [9.17, 15) is 4.48 Å². The summed E-state index contributed by atoms with van der Waals surface area (Å²) in [6.45, 7) is 2.37. The molecule has 0 spiro atoms. The molecular formula is C20H22FN5O. The molecule has 7 heteroatoms. The first-order valence-corrected chi connectivity index (χ1v) is 9.55. The molecule has 0 radical (unpaired) electrons. The third-order valence-electron chi connectivity index (χ3n) is 5.80. The smallest absolute Gasteiger partial charge is 0.154 e. The molecule has 3 heterocycles. The van der Waals surface area contributed by atoms with E-state index in [0.29, 0.717) is 17.7 Å². The van der Waals surface area contributed by atoms with Crippen LogP contribution in [0.2, 0.25) is 0 Å². The maximum Gasteiger partial charge on any atom is 0.154 e. The van der Waals surface area contributed by atoms with E-state index in [1.165, 1.54) is 0 Å². The zero-order valence-corrected chi connectivity index (χ0v) is 15.3. The average Bonchev–Trinajstić information content (AvgIpc) is 3.25. The zero-order chi connectivity index (χ0) is 18.4. The lowest BCUT2D eigenvalue weighted by Crippen LogP contribution is -2.17. The molecule has 1 aliphatic carbocycles. The average molecular weight is 367 g/mol. The van der Waals surface area contributed by atoms with Crippen LogP contribution in [-0.4, -0.2) is 25.0 Å². The summed E-state index contributed by atoms with van der Waals surface area (Å²) in [6.07, 6.45) is 4.15. The Labute approximate surface area is 156 Å². The molecule has 0 atom stereocenters. The first-order chi connectivity index (χ1) is 13.2. The van der Waals surface area contributed by atoms with Crippen LogP contribution in [0.5, 0.6) is 0 Å². The highest BCUT2D eigenvalue weighted by Crippen LogP contribution is 2.41.